The molecule has 1 atom stereocenters. The highest BCUT2D eigenvalue weighted by Crippen LogP contribution is 2.32. The molecule has 4 rings (SSSR count). The Balaban J connectivity index is 1.53. The van der Waals surface area contributed by atoms with E-state index in [2.05, 4.69) is 15.0 Å². The van der Waals surface area contributed by atoms with Crippen LogP contribution >= 0.6 is 0 Å². The SMILES string of the molecule is COc1cccc(Cc2cnc(C3CCCCN3C(=O)c3ncccn3)o2)c1. The first-order valence-corrected chi connectivity index (χ1v) is 9.40. The summed E-state index contributed by atoms with van der Waals surface area (Å²) in [5, 5.41) is 0. The van der Waals surface area contributed by atoms with E-state index in [1.54, 1.807) is 36.7 Å². The highest BCUT2D eigenvalue weighted by atomic mass is 16.5. The number of nitrogens with zero attached hydrogens (tertiary/aromatic N) is 4. The standard InChI is InChI=1S/C21H22N4O3/c1-27-16-7-4-6-15(12-16)13-17-14-24-20(28-17)18-8-2-3-11-25(18)21(26)19-22-9-5-10-23-19/h4-7,9-10,12,14,18H,2-3,8,11,13H2,1H3. The Labute approximate surface area is 163 Å². The first kappa shape index (κ1) is 18.2. The van der Waals surface area contributed by atoms with Crippen molar-refractivity contribution < 1.29 is 13.9 Å². The molecule has 1 amide bonds. The fourth-order valence-corrected chi connectivity index (χ4v) is 3.51. The molecule has 1 fully saturated rings. The summed E-state index contributed by atoms with van der Waals surface area (Å²) < 4.78 is 11.3. The smallest absolute Gasteiger partial charge is 0.292 e. The van der Waals surface area contributed by atoms with Crippen molar-refractivity contribution in [2.45, 2.75) is 31.7 Å². The fraction of sp³-hybridized carbons (Fsp3) is 0.333. The molecule has 3 aromatic rings. The average Bonchev–Trinajstić information content (AvgIpc) is 3.22. The maximum atomic E-state index is 12.9. The number of hydrogen-bond acceptors (Lipinski definition) is 6. The van der Waals surface area contributed by atoms with Crippen LogP contribution in [0.1, 0.15) is 53.1 Å². The Morgan fingerprint density at radius 1 is 1.21 bits per heavy atom. The van der Waals surface area contributed by atoms with Crippen LogP contribution in [-0.2, 0) is 6.42 Å². The monoisotopic (exact) mass is 378 g/mol. The third-order valence-electron chi connectivity index (χ3n) is 4.89. The minimum absolute atomic E-state index is 0.183. The van der Waals surface area contributed by atoms with E-state index >= 15 is 0 Å². The Morgan fingerprint density at radius 3 is 2.89 bits per heavy atom. The maximum Gasteiger partial charge on any atom is 0.292 e. The number of carbonyl (C=O) groups is 1. The molecule has 0 spiro atoms. The van der Waals surface area contributed by atoms with Gasteiger partial charge < -0.3 is 14.1 Å². The van der Waals surface area contributed by atoms with Crippen LogP contribution in [0, 0.1) is 0 Å². The number of benzene rings is 1. The van der Waals surface area contributed by atoms with Crippen LogP contribution in [0.4, 0.5) is 0 Å². The van der Waals surface area contributed by atoms with E-state index in [1.807, 2.05) is 24.3 Å². The van der Waals surface area contributed by atoms with Crippen molar-refractivity contribution in [2.24, 2.45) is 0 Å². The second-order valence-corrected chi connectivity index (χ2v) is 6.78. The van der Waals surface area contributed by atoms with E-state index in [-0.39, 0.29) is 17.8 Å². The Hall–Kier alpha value is -3.22. The van der Waals surface area contributed by atoms with Gasteiger partial charge in [0.25, 0.3) is 5.91 Å². The van der Waals surface area contributed by atoms with Crippen LogP contribution in [0.3, 0.4) is 0 Å². The minimum Gasteiger partial charge on any atom is -0.497 e. The molecule has 0 radical (unpaired) electrons. The van der Waals surface area contributed by atoms with Crippen LogP contribution in [0.25, 0.3) is 0 Å². The predicted octanol–water partition coefficient (Wildman–Crippen LogP) is 3.43. The number of ether oxygens (including phenoxy) is 1. The lowest BCUT2D eigenvalue weighted by Crippen LogP contribution is -2.39. The lowest BCUT2D eigenvalue weighted by Gasteiger charge is -2.33. The van der Waals surface area contributed by atoms with Crippen LogP contribution in [0.15, 0.2) is 53.3 Å². The number of oxazole rings is 1. The molecule has 7 heteroatoms. The van der Waals surface area contributed by atoms with Crippen LogP contribution in [0.2, 0.25) is 0 Å². The van der Waals surface area contributed by atoms with Gasteiger partial charge in [-0.3, -0.25) is 4.79 Å². The topological polar surface area (TPSA) is 81.4 Å². The van der Waals surface area contributed by atoms with Crippen molar-refractivity contribution in [3.8, 4) is 5.75 Å². The van der Waals surface area contributed by atoms with E-state index < -0.39 is 0 Å². The number of rotatable bonds is 5. The fourth-order valence-electron chi connectivity index (χ4n) is 3.51. The van der Waals surface area contributed by atoms with Crippen molar-refractivity contribution in [1.82, 2.24) is 19.9 Å². The highest BCUT2D eigenvalue weighted by Gasteiger charge is 2.33. The molecular formula is C21H22N4O3. The van der Waals surface area contributed by atoms with Crippen LogP contribution in [0.5, 0.6) is 5.75 Å². The molecule has 1 saturated heterocycles. The molecule has 1 aliphatic rings. The predicted molar refractivity (Wildman–Crippen MR) is 102 cm³/mol. The zero-order valence-corrected chi connectivity index (χ0v) is 15.7. The van der Waals surface area contributed by atoms with Crippen LogP contribution < -0.4 is 4.74 Å². The maximum absolute atomic E-state index is 12.9. The summed E-state index contributed by atoms with van der Waals surface area (Å²) in [6, 6.07) is 9.37. The molecule has 0 saturated carbocycles. The summed E-state index contributed by atoms with van der Waals surface area (Å²) in [5.41, 5.74) is 1.08. The number of aromatic nitrogens is 3. The first-order chi connectivity index (χ1) is 13.7. The summed E-state index contributed by atoms with van der Waals surface area (Å²) in [4.78, 5) is 27.3. The van der Waals surface area contributed by atoms with Gasteiger partial charge in [-0.25, -0.2) is 15.0 Å². The van der Waals surface area contributed by atoms with Crippen molar-refractivity contribution in [2.75, 3.05) is 13.7 Å². The van der Waals surface area contributed by atoms with Gasteiger partial charge >= 0.3 is 0 Å². The molecule has 0 bridgehead atoms. The van der Waals surface area contributed by atoms with Gasteiger partial charge in [0.1, 0.15) is 17.6 Å². The van der Waals surface area contributed by atoms with Crippen molar-refractivity contribution in [3.63, 3.8) is 0 Å². The molecule has 28 heavy (non-hydrogen) atoms. The van der Waals surface area contributed by atoms with E-state index in [4.69, 9.17) is 9.15 Å². The number of likely N-dealkylation sites (tertiary alicyclic amines) is 1. The summed E-state index contributed by atoms with van der Waals surface area (Å²) in [6.45, 7) is 0.648. The van der Waals surface area contributed by atoms with Gasteiger partial charge in [0.2, 0.25) is 11.7 Å². The van der Waals surface area contributed by atoms with Gasteiger partial charge in [-0.05, 0) is 43.0 Å². The normalized spacial score (nSPS) is 16.8. The number of methoxy groups -OCH3 is 1. The molecule has 0 aliphatic carbocycles. The lowest BCUT2D eigenvalue weighted by atomic mass is 10.0. The minimum atomic E-state index is -0.191. The highest BCUT2D eigenvalue weighted by molar-refractivity contribution is 5.90. The van der Waals surface area contributed by atoms with E-state index in [1.165, 1.54) is 0 Å². The number of hydrogen-bond donors (Lipinski definition) is 0. The zero-order chi connectivity index (χ0) is 19.3. The molecule has 1 aromatic carbocycles. The second kappa shape index (κ2) is 8.21. The van der Waals surface area contributed by atoms with Gasteiger partial charge in [0, 0.05) is 25.4 Å². The second-order valence-electron chi connectivity index (χ2n) is 6.78. The zero-order valence-electron chi connectivity index (χ0n) is 15.7. The van der Waals surface area contributed by atoms with E-state index in [0.717, 1.165) is 36.3 Å². The molecule has 2 aromatic heterocycles. The van der Waals surface area contributed by atoms with Crippen molar-refractivity contribution in [3.05, 3.63) is 72.0 Å². The molecule has 7 nitrogen and oxygen atoms in total. The Kier molecular flexibility index (Phi) is 5.32. The van der Waals surface area contributed by atoms with E-state index in [0.29, 0.717) is 18.9 Å². The van der Waals surface area contributed by atoms with Gasteiger partial charge in [-0.2, -0.15) is 0 Å². The molecule has 144 valence electrons. The van der Waals surface area contributed by atoms with Gasteiger partial charge in [0.15, 0.2) is 0 Å². The third-order valence-corrected chi connectivity index (χ3v) is 4.89. The summed E-state index contributed by atoms with van der Waals surface area (Å²) in [6.07, 6.45) is 8.31. The Bertz CT molecular complexity index is 942. The first-order valence-electron chi connectivity index (χ1n) is 9.40. The van der Waals surface area contributed by atoms with Gasteiger partial charge in [-0.1, -0.05) is 12.1 Å². The Morgan fingerprint density at radius 2 is 2.07 bits per heavy atom. The van der Waals surface area contributed by atoms with Gasteiger partial charge in [-0.15, -0.1) is 0 Å². The molecule has 1 unspecified atom stereocenters. The number of piperidine rings is 1. The quantitative estimate of drug-likeness (QED) is 0.677. The number of carbonyl (C=O) groups excluding carboxylic acids is 1. The molecule has 0 N–H and O–H groups in total. The molecule has 1 aliphatic heterocycles. The average molecular weight is 378 g/mol. The lowest BCUT2D eigenvalue weighted by molar-refractivity contribution is 0.0557. The van der Waals surface area contributed by atoms with Gasteiger partial charge in [0.05, 0.1) is 13.3 Å². The summed E-state index contributed by atoms with van der Waals surface area (Å²) >= 11 is 0. The summed E-state index contributed by atoms with van der Waals surface area (Å²) in [5.74, 6) is 2.17. The largest absolute Gasteiger partial charge is 0.497 e. The van der Waals surface area contributed by atoms with Crippen molar-refractivity contribution in [1.29, 1.82) is 0 Å². The number of amides is 1. The molecular weight excluding hydrogens is 356 g/mol. The molecule has 3 heterocycles. The third kappa shape index (κ3) is 3.88. The summed E-state index contributed by atoms with van der Waals surface area (Å²) in [7, 11) is 1.65. The van der Waals surface area contributed by atoms with E-state index in [9.17, 15) is 4.79 Å². The van der Waals surface area contributed by atoms with Crippen molar-refractivity contribution >= 4 is 5.91 Å². The van der Waals surface area contributed by atoms with Crippen LogP contribution in [-0.4, -0.2) is 39.4 Å².